The topological polar surface area (TPSA) is 87.0 Å². The highest BCUT2D eigenvalue weighted by molar-refractivity contribution is 6.27. The Hall–Kier alpha value is -5.36. The number of aliphatic imine (C=N–C) groups is 1. The van der Waals surface area contributed by atoms with Crippen molar-refractivity contribution in [2.75, 3.05) is 4.90 Å². The maximum Gasteiger partial charge on any atom is 0.337 e. The van der Waals surface area contributed by atoms with Crippen molar-refractivity contribution in [2.45, 2.75) is 11.3 Å². The molecule has 6 heteroatoms. The van der Waals surface area contributed by atoms with E-state index in [-0.39, 0.29) is 23.3 Å². The average molecular weight is 549 g/mol. The Bertz CT molecular complexity index is 1960. The minimum atomic E-state index is -1.08. The number of carboxylic acid groups (broad SMARTS) is 1. The van der Waals surface area contributed by atoms with Crippen LogP contribution in [0.5, 0.6) is 0 Å². The number of nitrogens with zero attached hydrogens (tertiary/aromatic N) is 2. The molecule has 3 aliphatic carbocycles. The molecule has 202 valence electrons. The van der Waals surface area contributed by atoms with Gasteiger partial charge in [0.1, 0.15) is 0 Å². The fourth-order valence-corrected chi connectivity index (χ4v) is 7.63. The van der Waals surface area contributed by atoms with Gasteiger partial charge in [-0.15, -0.1) is 0 Å². The van der Waals surface area contributed by atoms with Gasteiger partial charge in [0.25, 0.3) is 0 Å². The number of amides is 2. The summed E-state index contributed by atoms with van der Waals surface area (Å²) in [7, 11) is 0. The summed E-state index contributed by atoms with van der Waals surface area (Å²) in [5, 5.41) is 11.6. The normalized spacial score (nSPS) is 23.7. The second kappa shape index (κ2) is 8.82. The quantitative estimate of drug-likeness (QED) is 0.205. The standard InChI is InChI=1S/C36H24N2O4/c39-33-31-30-23-13-3-6-16-26(23)36(27-17-7-4-14-24(27)30,20-37-28-18-8-5-15-25(28)35(41)42)32(31)34(40)38(33)29-19-9-11-21-10-1-2-12-22(21)29/h1-20,30-32H,(H,41,42)/t30?,31-,32-,36?/m1/s1. The molecule has 2 bridgehead atoms. The number of rotatable bonds is 4. The molecule has 1 heterocycles. The molecule has 0 unspecified atom stereocenters. The molecule has 0 saturated carbocycles. The summed E-state index contributed by atoms with van der Waals surface area (Å²) in [6.07, 6.45) is 1.73. The number of benzene rings is 5. The molecule has 0 spiro atoms. The first-order valence-electron chi connectivity index (χ1n) is 13.9. The Morgan fingerprint density at radius 2 is 1.36 bits per heavy atom. The van der Waals surface area contributed by atoms with E-state index in [0.717, 1.165) is 33.0 Å². The van der Waals surface area contributed by atoms with Gasteiger partial charge in [-0.05, 0) is 45.8 Å². The van der Waals surface area contributed by atoms with E-state index in [0.29, 0.717) is 11.4 Å². The van der Waals surface area contributed by atoms with Gasteiger partial charge in [-0.3, -0.25) is 14.6 Å². The number of carbonyl (C=O) groups is 3. The van der Waals surface area contributed by atoms with Crippen molar-refractivity contribution in [1.29, 1.82) is 0 Å². The molecule has 2 atom stereocenters. The summed E-state index contributed by atoms with van der Waals surface area (Å²) < 4.78 is 0. The third-order valence-electron chi connectivity index (χ3n) is 9.23. The number of para-hydroxylation sites is 1. The lowest BCUT2D eigenvalue weighted by Gasteiger charge is -2.52. The molecule has 5 aromatic carbocycles. The smallest absolute Gasteiger partial charge is 0.337 e. The van der Waals surface area contributed by atoms with Crippen molar-refractivity contribution in [3.63, 3.8) is 0 Å². The molecule has 2 amide bonds. The lowest BCUT2D eigenvalue weighted by Crippen LogP contribution is -2.54. The number of aromatic carboxylic acids is 1. The first-order valence-corrected chi connectivity index (χ1v) is 13.9. The van der Waals surface area contributed by atoms with Crippen molar-refractivity contribution < 1.29 is 19.5 Å². The molecule has 0 aromatic heterocycles. The minimum Gasteiger partial charge on any atom is -0.478 e. The third kappa shape index (κ3) is 3.09. The summed E-state index contributed by atoms with van der Waals surface area (Å²) in [6.45, 7) is 0. The highest BCUT2D eigenvalue weighted by Crippen LogP contribution is 2.64. The van der Waals surface area contributed by atoms with Crippen LogP contribution in [0.1, 0.15) is 38.5 Å². The second-order valence-electron chi connectivity index (χ2n) is 11.1. The predicted octanol–water partition coefficient (Wildman–Crippen LogP) is 6.49. The van der Waals surface area contributed by atoms with Gasteiger partial charge in [-0.1, -0.05) is 97.1 Å². The fourth-order valence-electron chi connectivity index (χ4n) is 7.63. The van der Waals surface area contributed by atoms with Crippen LogP contribution in [-0.4, -0.2) is 29.1 Å². The van der Waals surface area contributed by atoms with Crippen molar-refractivity contribution in [3.8, 4) is 0 Å². The van der Waals surface area contributed by atoms with Crippen LogP contribution < -0.4 is 4.90 Å². The van der Waals surface area contributed by atoms with E-state index in [9.17, 15) is 19.5 Å². The van der Waals surface area contributed by atoms with E-state index >= 15 is 0 Å². The number of carboxylic acids is 1. The summed E-state index contributed by atoms with van der Waals surface area (Å²) in [4.78, 5) is 47.5. The molecule has 0 radical (unpaired) electrons. The maximum absolute atomic E-state index is 14.7. The number of hydrogen-bond donors (Lipinski definition) is 1. The highest BCUT2D eigenvalue weighted by atomic mass is 16.4. The van der Waals surface area contributed by atoms with Crippen LogP contribution in [0.4, 0.5) is 11.4 Å². The van der Waals surface area contributed by atoms with Gasteiger partial charge < -0.3 is 5.11 Å². The van der Waals surface area contributed by atoms with E-state index in [4.69, 9.17) is 4.99 Å². The molecule has 1 N–H and O–H groups in total. The Labute approximate surface area is 241 Å². The molecule has 9 rings (SSSR count). The van der Waals surface area contributed by atoms with E-state index in [1.165, 1.54) is 11.0 Å². The maximum atomic E-state index is 14.7. The minimum absolute atomic E-state index is 0.0685. The molecule has 1 aliphatic heterocycles. The van der Waals surface area contributed by atoms with Crippen molar-refractivity contribution >= 4 is 46.1 Å². The highest BCUT2D eigenvalue weighted by Gasteiger charge is 2.68. The fraction of sp³-hybridized carbons (Fsp3) is 0.111. The number of fused-ring (bicyclic) bond motifs is 1. The molecular formula is C36H24N2O4. The SMILES string of the molecule is O=C(O)c1ccccc1N=CC12c3ccccc3C(c3ccccc31)[C@H]1C(=O)N(c3cccc4ccccc34)C(=O)[C@@H]12. The summed E-state index contributed by atoms with van der Waals surface area (Å²) in [5.74, 6) is -3.25. The van der Waals surface area contributed by atoms with Gasteiger partial charge >= 0.3 is 5.97 Å². The monoisotopic (exact) mass is 548 g/mol. The summed E-state index contributed by atoms with van der Waals surface area (Å²) in [5.41, 5.74) is 3.70. The van der Waals surface area contributed by atoms with E-state index in [1.54, 1.807) is 24.4 Å². The Morgan fingerprint density at radius 1 is 0.738 bits per heavy atom. The van der Waals surface area contributed by atoms with Crippen LogP contribution in [0.15, 0.2) is 120 Å². The Morgan fingerprint density at radius 3 is 2.10 bits per heavy atom. The first-order chi connectivity index (χ1) is 20.5. The Balaban J connectivity index is 1.41. The van der Waals surface area contributed by atoms with Crippen LogP contribution >= 0.6 is 0 Å². The van der Waals surface area contributed by atoms with Crippen LogP contribution in [0.25, 0.3) is 10.8 Å². The predicted molar refractivity (Wildman–Crippen MR) is 160 cm³/mol. The largest absolute Gasteiger partial charge is 0.478 e. The first kappa shape index (κ1) is 24.4. The van der Waals surface area contributed by atoms with Gasteiger partial charge in [0.15, 0.2) is 0 Å². The lowest BCUT2D eigenvalue weighted by atomic mass is 9.47. The van der Waals surface area contributed by atoms with Gasteiger partial charge in [-0.25, -0.2) is 9.69 Å². The molecule has 42 heavy (non-hydrogen) atoms. The van der Waals surface area contributed by atoms with Gasteiger partial charge in [0.05, 0.1) is 34.2 Å². The molecule has 5 aromatic rings. The van der Waals surface area contributed by atoms with Crippen LogP contribution in [-0.2, 0) is 15.0 Å². The van der Waals surface area contributed by atoms with E-state index in [2.05, 4.69) is 0 Å². The third-order valence-corrected chi connectivity index (χ3v) is 9.23. The lowest BCUT2D eigenvalue weighted by molar-refractivity contribution is -0.122. The van der Waals surface area contributed by atoms with Crippen LogP contribution in [0.3, 0.4) is 0 Å². The molecule has 1 saturated heterocycles. The van der Waals surface area contributed by atoms with Crippen molar-refractivity contribution in [2.24, 2.45) is 16.8 Å². The number of hydrogen-bond acceptors (Lipinski definition) is 4. The van der Waals surface area contributed by atoms with Crippen LogP contribution in [0, 0.1) is 11.8 Å². The molecule has 1 fully saturated rings. The number of carbonyl (C=O) groups excluding carboxylic acids is 2. The summed E-state index contributed by atoms with van der Waals surface area (Å²) in [6, 6.07) is 35.9. The van der Waals surface area contributed by atoms with Crippen molar-refractivity contribution in [1.82, 2.24) is 0 Å². The second-order valence-corrected chi connectivity index (χ2v) is 11.1. The zero-order valence-corrected chi connectivity index (χ0v) is 22.3. The number of imide groups is 1. The molecular weight excluding hydrogens is 524 g/mol. The summed E-state index contributed by atoms with van der Waals surface area (Å²) >= 11 is 0. The molecule has 4 aliphatic rings. The van der Waals surface area contributed by atoms with E-state index < -0.39 is 23.2 Å². The van der Waals surface area contributed by atoms with E-state index in [1.807, 2.05) is 91.0 Å². The van der Waals surface area contributed by atoms with Crippen LogP contribution in [0.2, 0.25) is 0 Å². The molecule has 6 nitrogen and oxygen atoms in total. The Kier molecular flexibility index (Phi) is 5.13. The zero-order valence-electron chi connectivity index (χ0n) is 22.3. The average Bonchev–Trinajstić information content (AvgIpc) is 3.30. The van der Waals surface area contributed by atoms with Gasteiger partial charge in [0.2, 0.25) is 11.8 Å². The number of anilines is 1. The van der Waals surface area contributed by atoms with Gasteiger partial charge in [0, 0.05) is 17.5 Å². The van der Waals surface area contributed by atoms with Gasteiger partial charge in [-0.2, -0.15) is 0 Å². The zero-order chi connectivity index (χ0) is 28.6. The van der Waals surface area contributed by atoms with Crippen molar-refractivity contribution in [3.05, 3.63) is 143 Å².